The largest absolute Gasteiger partial charge is 0.348 e. The van der Waals surface area contributed by atoms with E-state index in [4.69, 9.17) is 5.73 Å². The highest BCUT2D eigenvalue weighted by Crippen LogP contribution is 2.32. The summed E-state index contributed by atoms with van der Waals surface area (Å²) in [6, 6.07) is 14.5. The van der Waals surface area contributed by atoms with E-state index < -0.39 is 10.0 Å². The molecule has 140 valence electrons. The summed E-state index contributed by atoms with van der Waals surface area (Å²) < 4.78 is 27.3. The van der Waals surface area contributed by atoms with Crippen molar-refractivity contribution in [1.82, 2.24) is 5.32 Å². The van der Waals surface area contributed by atoms with Crippen molar-refractivity contribution in [3.63, 3.8) is 0 Å². The van der Waals surface area contributed by atoms with E-state index in [1.54, 1.807) is 36.4 Å². The van der Waals surface area contributed by atoms with Gasteiger partial charge in [0.1, 0.15) is 0 Å². The summed E-state index contributed by atoms with van der Waals surface area (Å²) >= 11 is 0. The predicted octanol–water partition coefficient (Wildman–Crippen LogP) is 2.38. The minimum absolute atomic E-state index is 0. The van der Waals surface area contributed by atoms with Crippen LogP contribution in [0.4, 0.5) is 5.69 Å². The molecule has 1 unspecified atom stereocenters. The van der Waals surface area contributed by atoms with Crippen molar-refractivity contribution < 1.29 is 13.2 Å². The molecule has 1 amide bonds. The fourth-order valence-electron chi connectivity index (χ4n) is 2.66. The summed E-state index contributed by atoms with van der Waals surface area (Å²) in [5.41, 5.74) is 6.45. The second-order valence-electron chi connectivity index (χ2n) is 6.15. The molecule has 1 fully saturated rings. The first-order valence-corrected chi connectivity index (χ1v) is 9.67. The number of nitrogens with one attached hydrogen (secondary N) is 2. The zero-order chi connectivity index (χ0) is 17.9. The van der Waals surface area contributed by atoms with E-state index in [0.29, 0.717) is 23.7 Å². The van der Waals surface area contributed by atoms with Gasteiger partial charge in [-0.05, 0) is 49.1 Å². The first-order valence-electron chi connectivity index (χ1n) is 8.18. The maximum absolute atomic E-state index is 12.4. The molecule has 1 aliphatic carbocycles. The summed E-state index contributed by atoms with van der Waals surface area (Å²) in [6.45, 7) is 0.400. The van der Waals surface area contributed by atoms with Gasteiger partial charge in [-0.2, -0.15) is 0 Å². The summed E-state index contributed by atoms with van der Waals surface area (Å²) in [5.74, 6) is 0.205. The van der Waals surface area contributed by atoms with E-state index in [1.807, 2.05) is 0 Å². The number of rotatable bonds is 7. The number of benzene rings is 2. The molecule has 0 heterocycles. The lowest BCUT2D eigenvalue weighted by Crippen LogP contribution is -2.41. The monoisotopic (exact) mass is 395 g/mol. The first kappa shape index (κ1) is 20.2. The minimum Gasteiger partial charge on any atom is -0.348 e. The minimum atomic E-state index is -3.69. The van der Waals surface area contributed by atoms with E-state index in [-0.39, 0.29) is 29.3 Å². The maximum atomic E-state index is 12.4. The van der Waals surface area contributed by atoms with Crippen LogP contribution >= 0.6 is 12.4 Å². The van der Waals surface area contributed by atoms with Gasteiger partial charge >= 0.3 is 0 Å². The molecule has 2 aromatic carbocycles. The second-order valence-corrected chi connectivity index (χ2v) is 7.83. The Morgan fingerprint density at radius 3 is 2.42 bits per heavy atom. The van der Waals surface area contributed by atoms with Gasteiger partial charge in [0.2, 0.25) is 0 Å². The van der Waals surface area contributed by atoms with Crippen LogP contribution in [-0.4, -0.2) is 26.9 Å². The smallest absolute Gasteiger partial charge is 0.261 e. The average Bonchev–Trinajstić information content (AvgIpc) is 3.45. The van der Waals surface area contributed by atoms with Crippen LogP contribution in [0.15, 0.2) is 59.5 Å². The van der Waals surface area contributed by atoms with Crippen molar-refractivity contribution in [2.45, 2.75) is 23.8 Å². The molecular formula is C18H22ClN3O3S. The van der Waals surface area contributed by atoms with Crippen LogP contribution < -0.4 is 15.8 Å². The quantitative estimate of drug-likeness (QED) is 0.669. The van der Waals surface area contributed by atoms with Gasteiger partial charge in [0.15, 0.2) is 0 Å². The molecule has 3 rings (SSSR count). The summed E-state index contributed by atoms with van der Waals surface area (Å²) in [6.07, 6.45) is 2.16. The van der Waals surface area contributed by atoms with Crippen molar-refractivity contribution in [2.75, 3.05) is 11.3 Å². The van der Waals surface area contributed by atoms with E-state index >= 15 is 0 Å². The predicted molar refractivity (Wildman–Crippen MR) is 104 cm³/mol. The van der Waals surface area contributed by atoms with Gasteiger partial charge in [0, 0.05) is 23.8 Å². The number of hydrogen-bond acceptors (Lipinski definition) is 4. The molecule has 0 aromatic heterocycles. The fourth-order valence-corrected chi connectivity index (χ4v) is 3.73. The van der Waals surface area contributed by atoms with Gasteiger partial charge in [-0.25, -0.2) is 8.42 Å². The molecule has 0 radical (unpaired) electrons. The SMILES string of the molecule is Cl.NCC(NC(=O)c1cccc(NS(=O)(=O)c2ccccc2)c1)C1CC1. The van der Waals surface area contributed by atoms with Crippen LogP contribution in [0.25, 0.3) is 0 Å². The molecule has 1 saturated carbocycles. The lowest BCUT2D eigenvalue weighted by Gasteiger charge is -2.16. The molecule has 8 heteroatoms. The molecule has 4 N–H and O–H groups in total. The molecule has 0 spiro atoms. The number of halogens is 1. The van der Waals surface area contributed by atoms with Gasteiger partial charge in [0.05, 0.1) is 4.90 Å². The number of nitrogens with two attached hydrogens (primary N) is 1. The van der Waals surface area contributed by atoms with Gasteiger partial charge < -0.3 is 11.1 Å². The van der Waals surface area contributed by atoms with Crippen LogP contribution in [0.3, 0.4) is 0 Å². The van der Waals surface area contributed by atoms with Gasteiger partial charge in [-0.15, -0.1) is 12.4 Å². The molecule has 6 nitrogen and oxygen atoms in total. The third-order valence-corrected chi connectivity index (χ3v) is 5.59. The lowest BCUT2D eigenvalue weighted by molar-refractivity contribution is 0.0933. The number of amides is 1. The lowest BCUT2D eigenvalue weighted by atomic mass is 10.1. The highest BCUT2D eigenvalue weighted by Gasteiger charge is 2.31. The highest BCUT2D eigenvalue weighted by atomic mass is 35.5. The van der Waals surface area contributed by atoms with Gasteiger partial charge in [-0.1, -0.05) is 24.3 Å². The third kappa shape index (κ3) is 4.97. The Balaban J connectivity index is 0.00000243. The van der Waals surface area contributed by atoms with E-state index in [9.17, 15) is 13.2 Å². The van der Waals surface area contributed by atoms with Crippen molar-refractivity contribution >= 4 is 34.0 Å². The molecule has 1 atom stereocenters. The number of sulfonamides is 1. The van der Waals surface area contributed by atoms with Crippen molar-refractivity contribution in [3.8, 4) is 0 Å². The number of hydrogen-bond donors (Lipinski definition) is 3. The third-order valence-electron chi connectivity index (χ3n) is 4.19. The number of carbonyl (C=O) groups is 1. The van der Waals surface area contributed by atoms with Crippen molar-refractivity contribution in [3.05, 3.63) is 60.2 Å². The molecule has 0 aliphatic heterocycles. The van der Waals surface area contributed by atoms with Gasteiger partial charge in [0.25, 0.3) is 15.9 Å². The maximum Gasteiger partial charge on any atom is 0.261 e. The van der Waals surface area contributed by atoms with Crippen LogP contribution in [0.2, 0.25) is 0 Å². The van der Waals surface area contributed by atoms with Crippen LogP contribution in [0.1, 0.15) is 23.2 Å². The molecule has 26 heavy (non-hydrogen) atoms. The zero-order valence-electron chi connectivity index (χ0n) is 14.1. The Morgan fingerprint density at radius 1 is 1.12 bits per heavy atom. The summed E-state index contributed by atoms with van der Waals surface area (Å²) in [4.78, 5) is 12.6. The van der Waals surface area contributed by atoms with Gasteiger partial charge in [-0.3, -0.25) is 9.52 Å². The Bertz CT molecular complexity index is 855. The molecular weight excluding hydrogens is 374 g/mol. The number of carbonyl (C=O) groups excluding carboxylic acids is 1. The molecule has 2 aromatic rings. The topological polar surface area (TPSA) is 101 Å². The number of anilines is 1. The average molecular weight is 396 g/mol. The second kappa shape index (κ2) is 8.53. The molecule has 1 aliphatic rings. The van der Waals surface area contributed by atoms with E-state index in [0.717, 1.165) is 12.8 Å². The van der Waals surface area contributed by atoms with Crippen molar-refractivity contribution in [2.24, 2.45) is 11.7 Å². The highest BCUT2D eigenvalue weighted by molar-refractivity contribution is 7.92. The Hall–Kier alpha value is -2.09. The normalized spacial score (nSPS) is 14.8. The van der Waals surface area contributed by atoms with Crippen LogP contribution in [0.5, 0.6) is 0 Å². The Labute approximate surface area is 159 Å². The van der Waals surface area contributed by atoms with Crippen LogP contribution in [0, 0.1) is 5.92 Å². The fraction of sp³-hybridized carbons (Fsp3) is 0.278. The zero-order valence-corrected chi connectivity index (χ0v) is 15.7. The molecule has 0 bridgehead atoms. The van der Waals surface area contributed by atoms with Crippen molar-refractivity contribution in [1.29, 1.82) is 0 Å². The first-order chi connectivity index (χ1) is 12.0. The van der Waals surface area contributed by atoms with E-state index in [2.05, 4.69) is 10.0 Å². The summed E-state index contributed by atoms with van der Waals surface area (Å²) in [5, 5.41) is 2.93. The summed E-state index contributed by atoms with van der Waals surface area (Å²) in [7, 11) is -3.69. The van der Waals surface area contributed by atoms with Crippen LogP contribution in [-0.2, 0) is 10.0 Å². The Morgan fingerprint density at radius 2 is 1.81 bits per heavy atom. The van der Waals surface area contributed by atoms with E-state index in [1.165, 1.54) is 18.2 Å². The molecule has 0 saturated heterocycles. The standard InChI is InChI=1S/C18H21N3O3S.ClH/c19-12-17(13-9-10-13)20-18(22)14-5-4-6-15(11-14)21-25(23,24)16-7-2-1-3-8-16;/h1-8,11,13,17,21H,9-10,12,19H2,(H,20,22);1H. The Kier molecular flexibility index (Phi) is 6.63.